The first-order chi connectivity index (χ1) is 16.4. The van der Waals surface area contributed by atoms with Gasteiger partial charge < -0.3 is 24.4 Å². The van der Waals surface area contributed by atoms with E-state index in [2.05, 4.69) is 24.3 Å². The lowest BCUT2D eigenvalue weighted by molar-refractivity contribution is -0.170. The summed E-state index contributed by atoms with van der Waals surface area (Å²) in [5, 5.41) is 21.2. The zero-order valence-corrected chi connectivity index (χ0v) is 20.7. The summed E-state index contributed by atoms with van der Waals surface area (Å²) in [6.07, 6.45) is 9.31. The lowest BCUT2D eigenvalue weighted by Gasteiger charge is -2.31. The number of carbonyl (C=O) groups excluding carboxylic acids is 1. The molecule has 0 aromatic heterocycles. The molecule has 0 amide bonds. The van der Waals surface area contributed by atoms with Crippen molar-refractivity contribution in [2.45, 2.75) is 95.7 Å². The van der Waals surface area contributed by atoms with Crippen molar-refractivity contribution in [3.05, 3.63) is 48.0 Å². The third-order valence-electron chi connectivity index (χ3n) is 7.02. The van der Waals surface area contributed by atoms with Gasteiger partial charge in [0.15, 0.2) is 5.79 Å². The van der Waals surface area contributed by atoms with E-state index < -0.39 is 18.0 Å². The van der Waals surface area contributed by atoms with Gasteiger partial charge in [0, 0.05) is 19.3 Å². The summed E-state index contributed by atoms with van der Waals surface area (Å²) >= 11 is 0. The maximum absolute atomic E-state index is 11.6. The maximum Gasteiger partial charge on any atom is 0.306 e. The van der Waals surface area contributed by atoms with Gasteiger partial charge in [-0.3, -0.25) is 4.79 Å². The number of rotatable bonds is 13. The highest BCUT2D eigenvalue weighted by Crippen LogP contribution is 2.41. The second-order valence-electron chi connectivity index (χ2n) is 9.97. The van der Waals surface area contributed by atoms with Crippen LogP contribution in [0.2, 0.25) is 0 Å². The van der Waals surface area contributed by atoms with Gasteiger partial charge in [-0.2, -0.15) is 0 Å². The highest BCUT2D eigenvalue weighted by Gasteiger charge is 2.43. The zero-order valence-electron chi connectivity index (χ0n) is 20.7. The molecule has 1 aliphatic carbocycles. The molecule has 2 fully saturated rings. The quantitative estimate of drug-likeness (QED) is 0.248. The third-order valence-corrected chi connectivity index (χ3v) is 7.02. The number of allylic oxidation sites excluding steroid dienone is 2. The van der Waals surface area contributed by atoms with E-state index in [-0.39, 0.29) is 23.9 Å². The van der Waals surface area contributed by atoms with Crippen LogP contribution in [-0.2, 0) is 25.4 Å². The molecule has 6 heteroatoms. The van der Waals surface area contributed by atoms with Crippen molar-refractivity contribution in [1.82, 2.24) is 0 Å². The molecule has 4 atom stereocenters. The van der Waals surface area contributed by atoms with Crippen molar-refractivity contribution in [2.24, 2.45) is 11.8 Å². The predicted molar refractivity (Wildman–Crippen MR) is 131 cm³/mol. The number of unbranched alkanes of at least 4 members (excludes halogenated alkanes) is 1. The van der Waals surface area contributed by atoms with Gasteiger partial charge in [0.1, 0.15) is 0 Å². The Hall–Kier alpha value is -1.73. The van der Waals surface area contributed by atoms with E-state index in [1.165, 1.54) is 5.56 Å². The largest absolute Gasteiger partial charge is 0.463 e. The minimum absolute atomic E-state index is 0.0158. The Labute approximate surface area is 204 Å². The Morgan fingerprint density at radius 2 is 1.79 bits per heavy atom. The summed E-state index contributed by atoms with van der Waals surface area (Å²) < 4.78 is 17.3. The topological polar surface area (TPSA) is 85.2 Å². The predicted octanol–water partition coefficient (Wildman–Crippen LogP) is 4.57. The Bertz CT molecular complexity index is 755. The molecule has 1 saturated heterocycles. The summed E-state index contributed by atoms with van der Waals surface area (Å²) in [6.45, 7) is 4.90. The van der Waals surface area contributed by atoms with E-state index >= 15 is 0 Å². The monoisotopic (exact) mass is 474 g/mol. The molecule has 1 aromatic carbocycles. The molecular formula is C28H42O6. The van der Waals surface area contributed by atoms with Gasteiger partial charge in [-0.25, -0.2) is 0 Å². The zero-order chi connectivity index (χ0) is 24.4. The molecule has 6 nitrogen and oxygen atoms in total. The molecule has 34 heavy (non-hydrogen) atoms. The molecule has 190 valence electrons. The summed E-state index contributed by atoms with van der Waals surface area (Å²) in [6, 6.07) is 10.4. The smallest absolute Gasteiger partial charge is 0.306 e. The first kappa shape index (κ1) is 26.9. The Balaban J connectivity index is 1.47. The van der Waals surface area contributed by atoms with E-state index in [1.54, 1.807) is 0 Å². The van der Waals surface area contributed by atoms with Gasteiger partial charge >= 0.3 is 5.97 Å². The number of aliphatic hydroxyl groups excluding tert-OH is 2. The van der Waals surface area contributed by atoms with Gasteiger partial charge in [-0.1, -0.05) is 42.5 Å². The lowest BCUT2D eigenvalue weighted by Crippen LogP contribution is -2.33. The molecule has 1 aliphatic heterocycles. The van der Waals surface area contributed by atoms with E-state index in [4.69, 9.17) is 14.2 Å². The fourth-order valence-corrected chi connectivity index (χ4v) is 5.24. The number of hydrogen-bond acceptors (Lipinski definition) is 6. The minimum atomic E-state index is -0.603. The molecule has 3 rings (SSSR count). The molecule has 2 N–H and O–H groups in total. The van der Waals surface area contributed by atoms with Crippen LogP contribution in [0.4, 0.5) is 0 Å². The first-order valence-corrected chi connectivity index (χ1v) is 12.9. The molecule has 0 unspecified atom stereocenters. The standard InChI is InChI=1S/C28H42O6/c1-21(2)34-27(31)13-9-4-3-8-12-23-24(26(30)20-25(23)29)15-17-28(32-18-19-33-28)16-14-22-10-6-5-7-11-22/h3,5-8,10-11,21,23-26,29-30H,4,9,12-20H2,1-2H3/b8-3-/t23-,24-,25+,26-/m1/s1. The van der Waals surface area contributed by atoms with Crippen LogP contribution in [0.15, 0.2) is 42.5 Å². The molecule has 1 aromatic rings. The van der Waals surface area contributed by atoms with Crippen LogP contribution in [0, 0.1) is 11.8 Å². The molecular weight excluding hydrogens is 432 g/mol. The van der Waals surface area contributed by atoms with E-state index in [0.29, 0.717) is 32.5 Å². The number of benzene rings is 1. The summed E-state index contributed by atoms with van der Waals surface area (Å²) in [7, 11) is 0. The average Bonchev–Trinajstić information content (AvgIpc) is 3.38. The molecule has 1 heterocycles. The molecule has 0 radical (unpaired) electrons. The maximum atomic E-state index is 11.6. The summed E-state index contributed by atoms with van der Waals surface area (Å²) in [5.41, 5.74) is 1.26. The average molecular weight is 475 g/mol. The van der Waals surface area contributed by atoms with Gasteiger partial charge in [0.05, 0.1) is 31.5 Å². The minimum Gasteiger partial charge on any atom is -0.463 e. The van der Waals surface area contributed by atoms with Crippen LogP contribution in [0.1, 0.15) is 70.8 Å². The van der Waals surface area contributed by atoms with Crippen molar-refractivity contribution in [1.29, 1.82) is 0 Å². The van der Waals surface area contributed by atoms with Gasteiger partial charge in [-0.05, 0) is 69.8 Å². The molecule has 2 aliphatic rings. The number of ether oxygens (including phenoxy) is 3. The van der Waals surface area contributed by atoms with Gasteiger partial charge in [-0.15, -0.1) is 0 Å². The summed E-state index contributed by atoms with van der Waals surface area (Å²) in [5.74, 6) is -0.726. The normalized spacial score (nSPS) is 26.5. The summed E-state index contributed by atoms with van der Waals surface area (Å²) in [4.78, 5) is 11.6. The van der Waals surface area contributed by atoms with Crippen molar-refractivity contribution in [3.63, 3.8) is 0 Å². The number of aliphatic hydroxyl groups is 2. The fourth-order valence-electron chi connectivity index (χ4n) is 5.24. The van der Waals surface area contributed by atoms with Crippen LogP contribution < -0.4 is 0 Å². The number of aryl methyl sites for hydroxylation is 1. The Morgan fingerprint density at radius 1 is 1.09 bits per heavy atom. The SMILES string of the molecule is CC(C)OC(=O)CCC/C=C\C[C@@H]1[C@@H](CCC2(CCc3ccccc3)OCCO2)[C@H](O)C[C@@H]1O. The second kappa shape index (κ2) is 13.4. The van der Waals surface area contributed by atoms with E-state index in [1.807, 2.05) is 32.0 Å². The lowest BCUT2D eigenvalue weighted by atomic mass is 9.85. The van der Waals surface area contributed by atoms with Crippen LogP contribution in [0.5, 0.6) is 0 Å². The Kier molecular flexibility index (Phi) is 10.6. The number of hydrogen-bond donors (Lipinski definition) is 2. The van der Waals surface area contributed by atoms with Crippen LogP contribution in [0.3, 0.4) is 0 Å². The Morgan fingerprint density at radius 3 is 2.50 bits per heavy atom. The van der Waals surface area contributed by atoms with E-state index in [0.717, 1.165) is 38.5 Å². The second-order valence-corrected chi connectivity index (χ2v) is 9.97. The van der Waals surface area contributed by atoms with Crippen LogP contribution >= 0.6 is 0 Å². The van der Waals surface area contributed by atoms with Crippen LogP contribution in [0.25, 0.3) is 0 Å². The van der Waals surface area contributed by atoms with Crippen molar-refractivity contribution >= 4 is 5.97 Å². The highest BCUT2D eigenvalue weighted by atomic mass is 16.7. The highest BCUT2D eigenvalue weighted by molar-refractivity contribution is 5.69. The number of carbonyl (C=O) groups is 1. The van der Waals surface area contributed by atoms with Crippen molar-refractivity contribution < 1.29 is 29.2 Å². The van der Waals surface area contributed by atoms with E-state index in [9.17, 15) is 15.0 Å². The van der Waals surface area contributed by atoms with Crippen LogP contribution in [-0.4, -0.2) is 53.5 Å². The van der Waals surface area contributed by atoms with Crippen molar-refractivity contribution in [2.75, 3.05) is 13.2 Å². The van der Waals surface area contributed by atoms with Gasteiger partial charge in [0.2, 0.25) is 0 Å². The fraction of sp³-hybridized carbons (Fsp3) is 0.679. The van der Waals surface area contributed by atoms with Crippen molar-refractivity contribution in [3.8, 4) is 0 Å². The molecule has 0 spiro atoms. The third kappa shape index (κ3) is 8.19. The molecule has 0 bridgehead atoms. The number of esters is 1. The first-order valence-electron chi connectivity index (χ1n) is 12.9. The molecule has 1 saturated carbocycles. The van der Waals surface area contributed by atoms with Gasteiger partial charge in [0.25, 0.3) is 0 Å².